The van der Waals surface area contributed by atoms with E-state index in [4.69, 9.17) is 10.5 Å². The molecule has 2 heterocycles. The predicted octanol–water partition coefficient (Wildman–Crippen LogP) is 1.46. The van der Waals surface area contributed by atoms with Gasteiger partial charge in [0, 0.05) is 6.54 Å². The highest BCUT2D eigenvalue weighted by molar-refractivity contribution is 5.92. The number of nitrogens with two attached hydrogens (primary N) is 1. The van der Waals surface area contributed by atoms with E-state index in [1.54, 1.807) is 17.1 Å². The molecule has 0 saturated heterocycles. The number of ether oxygens (including phenoxy) is 2. The lowest BCUT2D eigenvalue weighted by Crippen LogP contribution is -2.06. The van der Waals surface area contributed by atoms with E-state index < -0.39 is 5.97 Å². The highest BCUT2D eigenvalue weighted by Crippen LogP contribution is 2.24. The fourth-order valence-electron chi connectivity index (χ4n) is 1.49. The van der Waals surface area contributed by atoms with E-state index in [9.17, 15) is 4.79 Å². The van der Waals surface area contributed by atoms with Gasteiger partial charge >= 0.3 is 5.97 Å². The number of carbonyl (C=O) groups excluding carboxylic acids is 1. The molecule has 7 heteroatoms. The van der Waals surface area contributed by atoms with Gasteiger partial charge in [-0.15, -0.1) is 0 Å². The second-order valence-corrected chi connectivity index (χ2v) is 3.75. The SMILES string of the molecule is CCn1cc(Oc2ncc(N)cc2C(=O)OC)cn1. The number of carbonyl (C=O) groups is 1. The Morgan fingerprint density at radius 3 is 2.89 bits per heavy atom. The number of hydrogen-bond donors (Lipinski definition) is 1. The molecule has 0 fully saturated rings. The molecule has 7 nitrogen and oxygen atoms in total. The van der Waals surface area contributed by atoms with Crippen molar-refractivity contribution in [3.05, 3.63) is 30.2 Å². The minimum Gasteiger partial charge on any atom is -0.465 e. The Morgan fingerprint density at radius 2 is 2.26 bits per heavy atom. The molecule has 0 saturated carbocycles. The van der Waals surface area contributed by atoms with Crippen molar-refractivity contribution in [2.45, 2.75) is 13.5 Å². The van der Waals surface area contributed by atoms with E-state index >= 15 is 0 Å². The van der Waals surface area contributed by atoms with Gasteiger partial charge in [0.2, 0.25) is 5.88 Å². The molecule has 2 rings (SSSR count). The number of rotatable bonds is 4. The van der Waals surface area contributed by atoms with Crippen LogP contribution in [0.5, 0.6) is 11.6 Å². The summed E-state index contributed by atoms with van der Waals surface area (Å²) in [6.07, 6.45) is 4.66. The van der Waals surface area contributed by atoms with Gasteiger partial charge in [0.25, 0.3) is 0 Å². The second-order valence-electron chi connectivity index (χ2n) is 3.75. The summed E-state index contributed by atoms with van der Waals surface area (Å²) in [5.41, 5.74) is 6.13. The first-order valence-corrected chi connectivity index (χ1v) is 5.68. The fourth-order valence-corrected chi connectivity index (χ4v) is 1.49. The molecule has 0 aliphatic heterocycles. The van der Waals surface area contributed by atoms with E-state index in [1.807, 2.05) is 6.92 Å². The van der Waals surface area contributed by atoms with Gasteiger partial charge in [-0.05, 0) is 13.0 Å². The van der Waals surface area contributed by atoms with Crippen LogP contribution in [0.4, 0.5) is 5.69 Å². The second kappa shape index (κ2) is 5.38. The number of anilines is 1. The number of aryl methyl sites for hydroxylation is 1. The van der Waals surface area contributed by atoms with Gasteiger partial charge in [0.05, 0.1) is 31.4 Å². The van der Waals surface area contributed by atoms with Crippen molar-refractivity contribution in [2.24, 2.45) is 0 Å². The van der Waals surface area contributed by atoms with E-state index in [1.165, 1.54) is 19.4 Å². The van der Waals surface area contributed by atoms with Crippen molar-refractivity contribution >= 4 is 11.7 Å². The van der Waals surface area contributed by atoms with Crippen LogP contribution in [-0.2, 0) is 11.3 Å². The highest BCUT2D eigenvalue weighted by atomic mass is 16.5. The molecule has 100 valence electrons. The third-order valence-electron chi connectivity index (χ3n) is 2.43. The Morgan fingerprint density at radius 1 is 1.47 bits per heavy atom. The Hall–Kier alpha value is -2.57. The molecule has 2 aromatic rings. The lowest BCUT2D eigenvalue weighted by atomic mass is 10.2. The van der Waals surface area contributed by atoms with Gasteiger partial charge < -0.3 is 15.2 Å². The van der Waals surface area contributed by atoms with Gasteiger partial charge in [0.1, 0.15) is 5.56 Å². The molecular formula is C12H14N4O3. The summed E-state index contributed by atoms with van der Waals surface area (Å²) in [6, 6.07) is 1.46. The summed E-state index contributed by atoms with van der Waals surface area (Å²) in [5, 5.41) is 4.07. The Kier molecular flexibility index (Phi) is 3.65. The maximum absolute atomic E-state index is 11.6. The van der Waals surface area contributed by atoms with Gasteiger partial charge in [-0.3, -0.25) is 4.68 Å². The van der Waals surface area contributed by atoms with E-state index in [2.05, 4.69) is 14.8 Å². The minimum absolute atomic E-state index is 0.136. The third kappa shape index (κ3) is 2.82. The molecule has 19 heavy (non-hydrogen) atoms. The summed E-state index contributed by atoms with van der Waals surface area (Å²) < 4.78 is 11.9. The fraction of sp³-hybridized carbons (Fsp3) is 0.250. The Labute approximate surface area is 110 Å². The van der Waals surface area contributed by atoms with Crippen LogP contribution in [0.2, 0.25) is 0 Å². The first-order chi connectivity index (χ1) is 9.13. The van der Waals surface area contributed by atoms with Crippen LogP contribution in [-0.4, -0.2) is 27.8 Å². The number of aromatic nitrogens is 3. The average Bonchev–Trinajstić information content (AvgIpc) is 2.87. The molecule has 2 aromatic heterocycles. The quantitative estimate of drug-likeness (QED) is 0.838. The van der Waals surface area contributed by atoms with Gasteiger partial charge in [-0.2, -0.15) is 5.10 Å². The number of nitrogen functional groups attached to an aromatic ring is 1. The largest absolute Gasteiger partial charge is 0.465 e. The highest BCUT2D eigenvalue weighted by Gasteiger charge is 2.16. The standard InChI is InChI=1S/C12H14N4O3/c1-3-16-7-9(6-15-16)19-11-10(12(17)18-2)4-8(13)5-14-11/h4-7H,3,13H2,1-2H3. The predicted molar refractivity (Wildman–Crippen MR) is 68.0 cm³/mol. The first kappa shape index (κ1) is 12.9. The van der Waals surface area contributed by atoms with Crippen molar-refractivity contribution in [3.63, 3.8) is 0 Å². The van der Waals surface area contributed by atoms with Crippen LogP contribution < -0.4 is 10.5 Å². The molecule has 0 spiro atoms. The lowest BCUT2D eigenvalue weighted by molar-refractivity contribution is 0.0597. The van der Waals surface area contributed by atoms with Gasteiger partial charge in [-0.1, -0.05) is 0 Å². The third-order valence-corrected chi connectivity index (χ3v) is 2.43. The molecule has 0 aliphatic rings. The minimum atomic E-state index is -0.558. The summed E-state index contributed by atoms with van der Waals surface area (Å²) in [4.78, 5) is 15.6. The zero-order valence-corrected chi connectivity index (χ0v) is 10.7. The topological polar surface area (TPSA) is 92.3 Å². The Bertz CT molecular complexity index is 594. The zero-order valence-electron chi connectivity index (χ0n) is 10.7. The molecule has 0 aromatic carbocycles. The number of nitrogens with zero attached hydrogens (tertiary/aromatic N) is 3. The lowest BCUT2D eigenvalue weighted by Gasteiger charge is -2.07. The molecular weight excluding hydrogens is 248 g/mol. The van der Waals surface area contributed by atoms with Gasteiger partial charge in [0.15, 0.2) is 5.75 Å². The van der Waals surface area contributed by atoms with E-state index in [-0.39, 0.29) is 11.4 Å². The molecule has 0 bridgehead atoms. The molecule has 2 N–H and O–H groups in total. The zero-order chi connectivity index (χ0) is 13.8. The van der Waals surface area contributed by atoms with Crippen LogP contribution >= 0.6 is 0 Å². The van der Waals surface area contributed by atoms with Gasteiger partial charge in [-0.25, -0.2) is 9.78 Å². The van der Waals surface area contributed by atoms with Crippen LogP contribution in [0.3, 0.4) is 0 Å². The maximum Gasteiger partial charge on any atom is 0.343 e. The molecule has 0 amide bonds. The maximum atomic E-state index is 11.6. The number of hydrogen-bond acceptors (Lipinski definition) is 6. The first-order valence-electron chi connectivity index (χ1n) is 5.68. The molecule has 0 unspecified atom stereocenters. The van der Waals surface area contributed by atoms with Crippen molar-refractivity contribution in [3.8, 4) is 11.6 Å². The number of methoxy groups -OCH3 is 1. The van der Waals surface area contributed by atoms with Crippen molar-refractivity contribution in [1.82, 2.24) is 14.8 Å². The Balaban J connectivity index is 2.31. The number of esters is 1. The molecule has 0 atom stereocenters. The van der Waals surface area contributed by atoms with Crippen molar-refractivity contribution in [1.29, 1.82) is 0 Å². The van der Waals surface area contributed by atoms with E-state index in [0.29, 0.717) is 11.4 Å². The summed E-state index contributed by atoms with van der Waals surface area (Å²) >= 11 is 0. The van der Waals surface area contributed by atoms with E-state index in [0.717, 1.165) is 6.54 Å². The van der Waals surface area contributed by atoms with Crippen LogP contribution in [0.15, 0.2) is 24.7 Å². The van der Waals surface area contributed by atoms with Crippen LogP contribution in [0.25, 0.3) is 0 Å². The normalized spacial score (nSPS) is 10.2. The van der Waals surface area contributed by atoms with Crippen molar-refractivity contribution in [2.75, 3.05) is 12.8 Å². The summed E-state index contributed by atoms with van der Waals surface area (Å²) in [5.74, 6) is 0.0682. The van der Waals surface area contributed by atoms with Crippen molar-refractivity contribution < 1.29 is 14.3 Å². The summed E-state index contributed by atoms with van der Waals surface area (Å²) in [7, 11) is 1.28. The smallest absolute Gasteiger partial charge is 0.343 e. The average molecular weight is 262 g/mol. The molecule has 0 radical (unpaired) electrons. The van der Waals surface area contributed by atoms with Crippen LogP contribution in [0.1, 0.15) is 17.3 Å². The number of pyridine rings is 1. The van der Waals surface area contributed by atoms with Crippen LogP contribution in [0, 0.1) is 0 Å². The molecule has 0 aliphatic carbocycles. The summed E-state index contributed by atoms with van der Waals surface area (Å²) in [6.45, 7) is 2.68. The monoisotopic (exact) mass is 262 g/mol.